The summed E-state index contributed by atoms with van der Waals surface area (Å²) < 4.78 is 34.0. The van der Waals surface area contributed by atoms with Crippen LogP contribution < -0.4 is 14.8 Å². The van der Waals surface area contributed by atoms with E-state index in [0.717, 1.165) is 18.6 Å². The molecule has 1 amide bonds. The molecule has 0 aliphatic rings. The van der Waals surface area contributed by atoms with Crippen molar-refractivity contribution in [3.05, 3.63) is 27.8 Å². The molecular formula is C16H22F2N2O5. The maximum atomic E-state index is 12.4. The van der Waals surface area contributed by atoms with Gasteiger partial charge in [0.25, 0.3) is 11.6 Å². The Morgan fingerprint density at radius 1 is 1.24 bits per heavy atom. The summed E-state index contributed by atoms with van der Waals surface area (Å²) in [7, 11) is 1.19. The Labute approximate surface area is 144 Å². The molecule has 140 valence electrons. The molecule has 0 fully saturated rings. The van der Waals surface area contributed by atoms with Crippen molar-refractivity contribution in [2.45, 2.75) is 46.3 Å². The molecule has 1 aromatic rings. The number of nitrogens with zero attached hydrogens (tertiary/aromatic N) is 1. The number of alkyl halides is 2. The van der Waals surface area contributed by atoms with E-state index in [1.165, 1.54) is 7.11 Å². The lowest BCUT2D eigenvalue weighted by molar-refractivity contribution is -0.385. The normalized spacial score (nSPS) is 12.2. The SMILES string of the molecule is COc1cc(C(=O)NC(C)CCC(C)C)c([N+](=O)[O-])cc1OC(F)F. The average molecular weight is 360 g/mol. The first-order chi connectivity index (χ1) is 11.6. The van der Waals surface area contributed by atoms with Gasteiger partial charge in [0.05, 0.1) is 18.1 Å². The summed E-state index contributed by atoms with van der Waals surface area (Å²) in [6, 6.07) is 1.59. The summed E-state index contributed by atoms with van der Waals surface area (Å²) in [6.07, 6.45) is 1.59. The van der Waals surface area contributed by atoms with Gasteiger partial charge in [0.15, 0.2) is 11.5 Å². The first kappa shape index (κ1) is 20.6. The van der Waals surface area contributed by atoms with Crippen LogP contribution in [0.4, 0.5) is 14.5 Å². The van der Waals surface area contributed by atoms with Crippen LogP contribution >= 0.6 is 0 Å². The number of benzene rings is 1. The highest BCUT2D eigenvalue weighted by Gasteiger charge is 2.26. The van der Waals surface area contributed by atoms with Crippen molar-refractivity contribution in [1.29, 1.82) is 0 Å². The van der Waals surface area contributed by atoms with E-state index < -0.39 is 28.9 Å². The van der Waals surface area contributed by atoms with E-state index >= 15 is 0 Å². The molecule has 0 aromatic heterocycles. The number of halogens is 2. The van der Waals surface area contributed by atoms with Crippen LogP contribution in [0, 0.1) is 16.0 Å². The minimum atomic E-state index is -3.18. The number of nitrogens with one attached hydrogen (secondary N) is 1. The number of carbonyl (C=O) groups is 1. The lowest BCUT2D eigenvalue weighted by Gasteiger charge is -2.16. The summed E-state index contributed by atoms with van der Waals surface area (Å²) in [5, 5.41) is 13.9. The van der Waals surface area contributed by atoms with Crippen LogP contribution in [0.2, 0.25) is 0 Å². The summed E-state index contributed by atoms with van der Waals surface area (Å²) in [5.74, 6) is -0.913. The lowest BCUT2D eigenvalue weighted by Crippen LogP contribution is -2.33. The van der Waals surface area contributed by atoms with Crippen molar-refractivity contribution in [2.75, 3.05) is 7.11 Å². The summed E-state index contributed by atoms with van der Waals surface area (Å²) >= 11 is 0. The fourth-order valence-corrected chi connectivity index (χ4v) is 2.19. The number of hydrogen-bond donors (Lipinski definition) is 1. The van der Waals surface area contributed by atoms with E-state index in [-0.39, 0.29) is 17.4 Å². The molecule has 0 heterocycles. The number of nitro benzene ring substituents is 1. The second-order valence-electron chi connectivity index (χ2n) is 6.00. The molecule has 1 unspecified atom stereocenters. The maximum absolute atomic E-state index is 12.4. The third-order valence-electron chi connectivity index (χ3n) is 3.49. The molecule has 0 radical (unpaired) electrons. The minimum absolute atomic E-state index is 0.189. The molecule has 7 nitrogen and oxygen atoms in total. The number of methoxy groups -OCH3 is 1. The van der Waals surface area contributed by atoms with Gasteiger partial charge < -0.3 is 14.8 Å². The Bertz CT molecular complexity index is 623. The highest BCUT2D eigenvalue weighted by molar-refractivity contribution is 5.99. The number of amides is 1. The zero-order valence-electron chi connectivity index (χ0n) is 14.5. The third-order valence-corrected chi connectivity index (χ3v) is 3.49. The fraction of sp³-hybridized carbons (Fsp3) is 0.562. The quantitative estimate of drug-likeness (QED) is 0.535. The molecular weight excluding hydrogens is 338 g/mol. The maximum Gasteiger partial charge on any atom is 0.387 e. The Morgan fingerprint density at radius 3 is 2.36 bits per heavy atom. The monoisotopic (exact) mass is 360 g/mol. The molecule has 0 aliphatic carbocycles. The minimum Gasteiger partial charge on any atom is -0.493 e. The average Bonchev–Trinajstić information content (AvgIpc) is 2.51. The molecule has 0 spiro atoms. The topological polar surface area (TPSA) is 90.7 Å². The van der Waals surface area contributed by atoms with Crippen molar-refractivity contribution >= 4 is 11.6 Å². The molecule has 1 aromatic carbocycles. The summed E-state index contributed by atoms with van der Waals surface area (Å²) in [4.78, 5) is 22.7. The van der Waals surface area contributed by atoms with Gasteiger partial charge in [-0.25, -0.2) is 0 Å². The summed E-state index contributed by atoms with van der Waals surface area (Å²) in [6.45, 7) is 2.71. The van der Waals surface area contributed by atoms with Gasteiger partial charge in [-0.15, -0.1) is 0 Å². The molecule has 1 atom stereocenters. The second kappa shape index (κ2) is 9.14. The number of ether oxygens (including phenoxy) is 2. The second-order valence-corrected chi connectivity index (χ2v) is 6.00. The molecule has 0 saturated heterocycles. The van der Waals surface area contributed by atoms with Gasteiger partial charge in [0.1, 0.15) is 5.56 Å². The predicted octanol–water partition coefficient (Wildman–Crippen LogP) is 3.76. The number of hydrogen-bond acceptors (Lipinski definition) is 5. The fourth-order valence-electron chi connectivity index (χ4n) is 2.19. The van der Waals surface area contributed by atoms with E-state index in [9.17, 15) is 23.7 Å². The first-order valence-corrected chi connectivity index (χ1v) is 7.77. The third kappa shape index (κ3) is 6.17. The number of rotatable bonds is 9. The Morgan fingerprint density at radius 2 is 1.88 bits per heavy atom. The smallest absolute Gasteiger partial charge is 0.387 e. The molecule has 0 bridgehead atoms. The number of nitro groups is 1. The van der Waals surface area contributed by atoms with Crippen molar-refractivity contribution in [3.8, 4) is 11.5 Å². The van der Waals surface area contributed by atoms with Crippen LogP contribution in [-0.4, -0.2) is 30.6 Å². The van der Waals surface area contributed by atoms with E-state index in [1.54, 1.807) is 6.92 Å². The van der Waals surface area contributed by atoms with E-state index in [1.807, 2.05) is 13.8 Å². The van der Waals surface area contributed by atoms with Gasteiger partial charge in [0, 0.05) is 12.1 Å². The van der Waals surface area contributed by atoms with Crippen LogP contribution in [0.1, 0.15) is 44.0 Å². The van der Waals surface area contributed by atoms with Gasteiger partial charge in [-0.1, -0.05) is 13.8 Å². The molecule has 25 heavy (non-hydrogen) atoms. The van der Waals surface area contributed by atoms with Crippen LogP contribution in [0.15, 0.2) is 12.1 Å². The molecule has 0 aliphatic heterocycles. The van der Waals surface area contributed by atoms with Crippen LogP contribution in [-0.2, 0) is 0 Å². The molecule has 1 rings (SSSR count). The van der Waals surface area contributed by atoms with Gasteiger partial charge >= 0.3 is 6.61 Å². The van der Waals surface area contributed by atoms with Crippen molar-refractivity contribution in [1.82, 2.24) is 5.32 Å². The van der Waals surface area contributed by atoms with Crippen molar-refractivity contribution < 1.29 is 28.0 Å². The van der Waals surface area contributed by atoms with E-state index in [4.69, 9.17) is 4.74 Å². The van der Waals surface area contributed by atoms with Crippen molar-refractivity contribution in [3.63, 3.8) is 0 Å². The highest BCUT2D eigenvalue weighted by Crippen LogP contribution is 2.35. The summed E-state index contributed by atoms with van der Waals surface area (Å²) in [5.41, 5.74) is -0.912. The molecule has 1 N–H and O–H groups in total. The van der Waals surface area contributed by atoms with Gasteiger partial charge in [-0.05, 0) is 25.7 Å². The van der Waals surface area contributed by atoms with Gasteiger partial charge in [0.2, 0.25) is 0 Å². The van der Waals surface area contributed by atoms with Crippen LogP contribution in [0.3, 0.4) is 0 Å². The lowest BCUT2D eigenvalue weighted by atomic mass is 10.0. The Kier molecular flexibility index (Phi) is 7.53. The molecule has 9 heteroatoms. The number of carbonyl (C=O) groups excluding carboxylic acids is 1. The van der Waals surface area contributed by atoms with E-state index in [2.05, 4.69) is 10.1 Å². The largest absolute Gasteiger partial charge is 0.493 e. The van der Waals surface area contributed by atoms with Crippen molar-refractivity contribution in [2.24, 2.45) is 5.92 Å². The van der Waals surface area contributed by atoms with Gasteiger partial charge in [-0.3, -0.25) is 14.9 Å². The van der Waals surface area contributed by atoms with Crippen LogP contribution in [0.5, 0.6) is 11.5 Å². The van der Waals surface area contributed by atoms with Crippen LogP contribution in [0.25, 0.3) is 0 Å². The van der Waals surface area contributed by atoms with E-state index in [0.29, 0.717) is 12.3 Å². The zero-order valence-corrected chi connectivity index (χ0v) is 14.5. The van der Waals surface area contributed by atoms with Gasteiger partial charge in [-0.2, -0.15) is 8.78 Å². The highest BCUT2D eigenvalue weighted by atomic mass is 19.3. The standard InChI is InChI=1S/C16H22F2N2O5/c1-9(2)5-6-10(3)19-15(21)11-7-13(24-4)14(25-16(17)18)8-12(11)20(22)23/h7-10,16H,5-6H2,1-4H3,(H,19,21). The molecule has 0 saturated carbocycles. The Balaban J connectivity index is 3.11. The first-order valence-electron chi connectivity index (χ1n) is 7.77. The zero-order chi connectivity index (χ0) is 19.1. The predicted molar refractivity (Wildman–Crippen MR) is 87.3 cm³/mol. The Hall–Kier alpha value is -2.45.